The van der Waals surface area contributed by atoms with Gasteiger partial charge in [0.1, 0.15) is 5.75 Å². The van der Waals surface area contributed by atoms with Crippen molar-refractivity contribution in [3.63, 3.8) is 0 Å². The summed E-state index contributed by atoms with van der Waals surface area (Å²) in [5.41, 5.74) is 0.367. The monoisotopic (exact) mass is 235 g/mol. The van der Waals surface area contributed by atoms with Gasteiger partial charge in [-0.1, -0.05) is 6.92 Å². The molecule has 0 aliphatic rings. The molecule has 1 amide bonds. The third-order valence-corrected chi connectivity index (χ3v) is 2.55. The highest BCUT2D eigenvalue weighted by molar-refractivity contribution is 6.42. The van der Waals surface area contributed by atoms with Gasteiger partial charge >= 0.3 is 0 Å². The van der Waals surface area contributed by atoms with E-state index in [1.165, 1.54) is 0 Å². The van der Waals surface area contributed by atoms with Crippen LogP contribution in [0.15, 0.2) is 24.3 Å². The molecule has 0 aliphatic heterocycles. The van der Waals surface area contributed by atoms with Crippen LogP contribution in [0.1, 0.15) is 30.6 Å². The molecule has 92 valence electrons. The van der Waals surface area contributed by atoms with E-state index in [0.29, 0.717) is 11.3 Å². The van der Waals surface area contributed by atoms with Crippen molar-refractivity contribution in [2.45, 2.75) is 26.3 Å². The Hall–Kier alpha value is -1.84. The number of hydrogen-bond acceptors (Lipinski definition) is 3. The molecule has 1 aromatic rings. The maximum atomic E-state index is 11.7. The number of Topliss-reactive ketones (excluding diaryl/α,β-unsaturated/α-hetero) is 1. The fourth-order valence-corrected chi connectivity index (χ4v) is 1.26. The molecule has 4 heteroatoms. The quantitative estimate of drug-likeness (QED) is 0.625. The van der Waals surface area contributed by atoms with Crippen LogP contribution in [0.5, 0.6) is 5.75 Å². The standard InChI is InChI=1S/C13H17NO3/c1-4-9(2)14-13(16)12(15)10-5-7-11(17-3)8-6-10/h5-9H,4H2,1-3H3,(H,14,16). The zero-order valence-electron chi connectivity index (χ0n) is 10.3. The zero-order valence-corrected chi connectivity index (χ0v) is 10.3. The molecule has 1 N–H and O–H groups in total. The highest BCUT2D eigenvalue weighted by Crippen LogP contribution is 2.11. The molecule has 1 aromatic carbocycles. The molecule has 0 aromatic heterocycles. The van der Waals surface area contributed by atoms with E-state index in [9.17, 15) is 9.59 Å². The van der Waals surface area contributed by atoms with E-state index >= 15 is 0 Å². The Labute approximate surface area is 101 Å². The largest absolute Gasteiger partial charge is 0.497 e. The summed E-state index contributed by atoms with van der Waals surface area (Å²) in [6.45, 7) is 3.81. The molecule has 1 unspecified atom stereocenters. The second-order valence-electron chi connectivity index (χ2n) is 3.84. The van der Waals surface area contributed by atoms with Gasteiger partial charge in [0, 0.05) is 11.6 Å². The first-order valence-corrected chi connectivity index (χ1v) is 5.57. The lowest BCUT2D eigenvalue weighted by atomic mass is 10.1. The molecule has 0 bridgehead atoms. The van der Waals surface area contributed by atoms with E-state index in [1.54, 1.807) is 31.4 Å². The van der Waals surface area contributed by atoms with Gasteiger partial charge in [-0.15, -0.1) is 0 Å². The highest BCUT2D eigenvalue weighted by atomic mass is 16.5. The molecule has 17 heavy (non-hydrogen) atoms. The van der Waals surface area contributed by atoms with E-state index in [4.69, 9.17) is 4.74 Å². The van der Waals surface area contributed by atoms with Crippen LogP contribution in [-0.2, 0) is 4.79 Å². The van der Waals surface area contributed by atoms with Crippen molar-refractivity contribution < 1.29 is 14.3 Å². The maximum absolute atomic E-state index is 11.7. The van der Waals surface area contributed by atoms with E-state index in [1.807, 2.05) is 13.8 Å². The Morgan fingerprint density at radius 2 is 1.88 bits per heavy atom. The van der Waals surface area contributed by atoms with Gasteiger partial charge < -0.3 is 10.1 Å². The summed E-state index contributed by atoms with van der Waals surface area (Å²) >= 11 is 0. The van der Waals surface area contributed by atoms with E-state index in [2.05, 4.69) is 5.32 Å². The summed E-state index contributed by atoms with van der Waals surface area (Å²) in [6, 6.07) is 6.48. The number of benzene rings is 1. The van der Waals surface area contributed by atoms with Crippen molar-refractivity contribution in [1.82, 2.24) is 5.32 Å². The van der Waals surface area contributed by atoms with Crippen molar-refractivity contribution in [3.8, 4) is 5.75 Å². The van der Waals surface area contributed by atoms with Crippen molar-refractivity contribution in [3.05, 3.63) is 29.8 Å². The number of rotatable bonds is 5. The minimum Gasteiger partial charge on any atom is -0.497 e. The Balaban J connectivity index is 2.71. The summed E-state index contributed by atoms with van der Waals surface area (Å²) in [4.78, 5) is 23.3. The predicted octanol–water partition coefficient (Wildman–Crippen LogP) is 1.79. The summed E-state index contributed by atoms with van der Waals surface area (Å²) < 4.78 is 4.98. The molecule has 1 rings (SSSR count). The van der Waals surface area contributed by atoms with Gasteiger partial charge in [-0.05, 0) is 37.6 Å². The lowest BCUT2D eigenvalue weighted by Gasteiger charge is -2.10. The molecule has 0 spiro atoms. The number of ether oxygens (including phenoxy) is 1. The van der Waals surface area contributed by atoms with Gasteiger partial charge in [-0.3, -0.25) is 9.59 Å². The maximum Gasteiger partial charge on any atom is 0.292 e. The first-order valence-electron chi connectivity index (χ1n) is 5.57. The second-order valence-corrected chi connectivity index (χ2v) is 3.84. The average Bonchev–Trinajstić information content (AvgIpc) is 2.37. The number of methoxy groups -OCH3 is 1. The van der Waals surface area contributed by atoms with Crippen molar-refractivity contribution in [2.24, 2.45) is 0 Å². The number of carbonyl (C=O) groups excluding carboxylic acids is 2. The van der Waals surface area contributed by atoms with Gasteiger partial charge in [0.25, 0.3) is 5.91 Å². The van der Waals surface area contributed by atoms with Gasteiger partial charge in [-0.25, -0.2) is 0 Å². The Bertz CT molecular complexity index is 398. The Morgan fingerprint density at radius 1 is 1.29 bits per heavy atom. The smallest absolute Gasteiger partial charge is 0.292 e. The molecule has 0 saturated carbocycles. The molecule has 0 aliphatic carbocycles. The average molecular weight is 235 g/mol. The van der Waals surface area contributed by atoms with E-state index < -0.39 is 11.7 Å². The van der Waals surface area contributed by atoms with Gasteiger partial charge in [0.15, 0.2) is 0 Å². The molecular weight excluding hydrogens is 218 g/mol. The number of hydrogen-bond donors (Lipinski definition) is 1. The molecule has 0 saturated heterocycles. The number of nitrogens with one attached hydrogen (secondary N) is 1. The fourth-order valence-electron chi connectivity index (χ4n) is 1.26. The number of amides is 1. The zero-order chi connectivity index (χ0) is 12.8. The molecule has 0 radical (unpaired) electrons. The lowest BCUT2D eigenvalue weighted by Crippen LogP contribution is -2.37. The minimum absolute atomic E-state index is 0.00435. The summed E-state index contributed by atoms with van der Waals surface area (Å²) in [6.07, 6.45) is 0.793. The van der Waals surface area contributed by atoms with Gasteiger partial charge in [0.2, 0.25) is 5.78 Å². The summed E-state index contributed by atoms with van der Waals surface area (Å²) in [7, 11) is 1.55. The minimum atomic E-state index is -0.565. The van der Waals surface area contributed by atoms with Crippen LogP contribution >= 0.6 is 0 Å². The van der Waals surface area contributed by atoms with Gasteiger partial charge in [0.05, 0.1) is 7.11 Å². The molecular formula is C13H17NO3. The van der Waals surface area contributed by atoms with Crippen LogP contribution in [0, 0.1) is 0 Å². The van der Waals surface area contributed by atoms with Gasteiger partial charge in [-0.2, -0.15) is 0 Å². The third-order valence-electron chi connectivity index (χ3n) is 2.55. The third kappa shape index (κ3) is 3.59. The summed E-state index contributed by atoms with van der Waals surface area (Å²) in [5, 5.41) is 2.64. The van der Waals surface area contributed by atoms with Crippen LogP contribution in [0.4, 0.5) is 0 Å². The molecule has 0 heterocycles. The normalized spacial score (nSPS) is 11.7. The van der Waals surface area contributed by atoms with Crippen molar-refractivity contribution >= 4 is 11.7 Å². The second kappa shape index (κ2) is 6.03. The highest BCUT2D eigenvalue weighted by Gasteiger charge is 2.17. The number of carbonyl (C=O) groups is 2. The number of ketones is 1. The van der Waals surface area contributed by atoms with Crippen molar-refractivity contribution in [2.75, 3.05) is 7.11 Å². The van der Waals surface area contributed by atoms with Crippen molar-refractivity contribution in [1.29, 1.82) is 0 Å². The first-order chi connectivity index (χ1) is 8.08. The lowest BCUT2D eigenvalue weighted by molar-refractivity contribution is -0.117. The van der Waals surface area contributed by atoms with Crippen LogP contribution < -0.4 is 10.1 Å². The molecule has 0 fully saturated rings. The topological polar surface area (TPSA) is 55.4 Å². The van der Waals surface area contributed by atoms with Crippen LogP contribution in [-0.4, -0.2) is 24.8 Å². The van der Waals surface area contributed by atoms with E-state index in [-0.39, 0.29) is 6.04 Å². The fraction of sp³-hybridized carbons (Fsp3) is 0.385. The summed E-state index contributed by atoms with van der Waals surface area (Å²) in [5.74, 6) is -0.429. The first kappa shape index (κ1) is 13.2. The predicted molar refractivity (Wildman–Crippen MR) is 65.2 cm³/mol. The van der Waals surface area contributed by atoms with Crippen LogP contribution in [0.2, 0.25) is 0 Å². The van der Waals surface area contributed by atoms with Crippen LogP contribution in [0.25, 0.3) is 0 Å². The SMILES string of the molecule is CCC(C)NC(=O)C(=O)c1ccc(OC)cc1. The van der Waals surface area contributed by atoms with E-state index in [0.717, 1.165) is 6.42 Å². The Morgan fingerprint density at radius 3 is 2.35 bits per heavy atom. The molecule has 1 atom stereocenters. The molecule has 4 nitrogen and oxygen atoms in total. The van der Waals surface area contributed by atoms with Crippen LogP contribution in [0.3, 0.4) is 0 Å². The Kier molecular flexibility index (Phi) is 4.69.